The van der Waals surface area contributed by atoms with Crippen molar-refractivity contribution < 1.29 is 10.0 Å². The van der Waals surface area contributed by atoms with Crippen LogP contribution in [-0.4, -0.2) is 23.1 Å². The van der Waals surface area contributed by atoms with Gasteiger partial charge in [-0.05, 0) is 24.5 Å². The van der Waals surface area contributed by atoms with E-state index in [9.17, 15) is 10.1 Å². The van der Waals surface area contributed by atoms with Crippen molar-refractivity contribution in [3.63, 3.8) is 0 Å². The summed E-state index contributed by atoms with van der Waals surface area (Å²) >= 11 is 0. The third-order valence-corrected chi connectivity index (χ3v) is 2.87. The van der Waals surface area contributed by atoms with Crippen molar-refractivity contribution in [3.05, 3.63) is 33.9 Å². The SMILES string of the molecule is O=[N+]([O-])c1cc(CO)ccc1N1CCCC1. The van der Waals surface area contributed by atoms with Gasteiger partial charge in [0.2, 0.25) is 0 Å². The molecule has 0 bridgehead atoms. The Hall–Kier alpha value is -1.62. The van der Waals surface area contributed by atoms with Crippen LogP contribution < -0.4 is 4.90 Å². The summed E-state index contributed by atoms with van der Waals surface area (Å²) < 4.78 is 0. The van der Waals surface area contributed by atoms with Gasteiger partial charge in [-0.15, -0.1) is 0 Å². The van der Waals surface area contributed by atoms with Gasteiger partial charge in [0, 0.05) is 19.2 Å². The van der Waals surface area contributed by atoms with Gasteiger partial charge in [0.25, 0.3) is 5.69 Å². The number of anilines is 1. The average Bonchev–Trinajstić information content (AvgIpc) is 2.81. The van der Waals surface area contributed by atoms with E-state index in [2.05, 4.69) is 0 Å². The summed E-state index contributed by atoms with van der Waals surface area (Å²) in [4.78, 5) is 12.6. The maximum Gasteiger partial charge on any atom is 0.292 e. The molecule has 1 aromatic rings. The van der Waals surface area contributed by atoms with Crippen LogP contribution in [0.2, 0.25) is 0 Å². The van der Waals surface area contributed by atoms with Gasteiger partial charge < -0.3 is 10.0 Å². The molecule has 0 spiro atoms. The molecule has 1 aromatic carbocycles. The molecule has 0 unspecified atom stereocenters. The normalized spacial score (nSPS) is 15.4. The molecular weight excluding hydrogens is 208 g/mol. The Labute approximate surface area is 93.5 Å². The first-order valence-corrected chi connectivity index (χ1v) is 5.35. The van der Waals surface area contributed by atoms with Crippen LogP contribution >= 0.6 is 0 Å². The van der Waals surface area contributed by atoms with Crippen molar-refractivity contribution in [2.75, 3.05) is 18.0 Å². The Morgan fingerprint density at radius 2 is 2.06 bits per heavy atom. The van der Waals surface area contributed by atoms with E-state index in [4.69, 9.17) is 5.11 Å². The van der Waals surface area contributed by atoms with Crippen LogP contribution in [0.3, 0.4) is 0 Å². The lowest BCUT2D eigenvalue weighted by Crippen LogP contribution is -2.18. The maximum atomic E-state index is 10.9. The van der Waals surface area contributed by atoms with Crippen LogP contribution in [0.1, 0.15) is 18.4 Å². The van der Waals surface area contributed by atoms with Gasteiger partial charge in [0.05, 0.1) is 11.5 Å². The van der Waals surface area contributed by atoms with E-state index in [-0.39, 0.29) is 17.2 Å². The van der Waals surface area contributed by atoms with Crippen molar-refractivity contribution in [1.29, 1.82) is 0 Å². The fraction of sp³-hybridized carbons (Fsp3) is 0.455. The summed E-state index contributed by atoms with van der Waals surface area (Å²) in [5, 5.41) is 19.9. The Morgan fingerprint density at radius 3 is 2.62 bits per heavy atom. The Balaban J connectivity index is 2.39. The highest BCUT2D eigenvalue weighted by molar-refractivity contribution is 5.64. The van der Waals surface area contributed by atoms with Gasteiger partial charge in [0.1, 0.15) is 5.69 Å². The fourth-order valence-corrected chi connectivity index (χ4v) is 2.04. The molecule has 1 fully saturated rings. The van der Waals surface area contributed by atoms with Crippen LogP contribution in [0, 0.1) is 10.1 Å². The number of nitro benzene ring substituents is 1. The molecule has 1 aliphatic rings. The second kappa shape index (κ2) is 4.49. The highest BCUT2D eigenvalue weighted by Crippen LogP contribution is 2.31. The summed E-state index contributed by atoms with van der Waals surface area (Å²) in [6.07, 6.45) is 2.16. The number of hydrogen-bond donors (Lipinski definition) is 1. The number of hydrogen-bond acceptors (Lipinski definition) is 4. The van der Waals surface area contributed by atoms with Crippen LogP contribution in [0.15, 0.2) is 18.2 Å². The van der Waals surface area contributed by atoms with Gasteiger partial charge in [-0.1, -0.05) is 6.07 Å². The second-order valence-corrected chi connectivity index (χ2v) is 3.93. The van der Waals surface area contributed by atoms with Crippen molar-refractivity contribution in [3.8, 4) is 0 Å². The van der Waals surface area contributed by atoms with E-state index >= 15 is 0 Å². The molecule has 5 heteroatoms. The lowest BCUT2D eigenvalue weighted by atomic mass is 10.1. The highest BCUT2D eigenvalue weighted by atomic mass is 16.6. The molecule has 0 amide bonds. The molecule has 2 rings (SSSR count). The standard InChI is InChI=1S/C11H14N2O3/c14-8-9-3-4-10(11(7-9)13(15)16)12-5-1-2-6-12/h3-4,7,14H,1-2,5-6,8H2. The summed E-state index contributed by atoms with van der Waals surface area (Å²) in [7, 11) is 0. The van der Waals surface area contributed by atoms with Gasteiger partial charge in [-0.3, -0.25) is 10.1 Å². The quantitative estimate of drug-likeness (QED) is 0.624. The van der Waals surface area contributed by atoms with Gasteiger partial charge >= 0.3 is 0 Å². The summed E-state index contributed by atoms with van der Waals surface area (Å²) in [5.74, 6) is 0. The van der Waals surface area contributed by atoms with E-state index in [0.717, 1.165) is 25.9 Å². The number of aliphatic hydroxyl groups is 1. The molecule has 0 saturated carbocycles. The first kappa shape index (κ1) is 10.9. The summed E-state index contributed by atoms with van der Waals surface area (Å²) in [6.45, 7) is 1.58. The highest BCUT2D eigenvalue weighted by Gasteiger charge is 2.22. The number of aliphatic hydroxyl groups excluding tert-OH is 1. The molecule has 86 valence electrons. The van der Waals surface area contributed by atoms with Crippen molar-refractivity contribution >= 4 is 11.4 Å². The molecule has 5 nitrogen and oxygen atoms in total. The third kappa shape index (κ3) is 1.99. The average molecular weight is 222 g/mol. The minimum Gasteiger partial charge on any atom is -0.392 e. The minimum atomic E-state index is -0.382. The maximum absolute atomic E-state index is 10.9. The van der Waals surface area contributed by atoms with E-state index in [0.29, 0.717) is 11.3 Å². The topological polar surface area (TPSA) is 66.6 Å². The molecule has 0 atom stereocenters. The first-order chi connectivity index (χ1) is 7.72. The molecule has 1 N–H and O–H groups in total. The molecule has 16 heavy (non-hydrogen) atoms. The van der Waals surface area contributed by atoms with Crippen LogP contribution in [-0.2, 0) is 6.61 Å². The van der Waals surface area contributed by atoms with Crippen molar-refractivity contribution in [2.24, 2.45) is 0 Å². The predicted octanol–water partition coefficient (Wildman–Crippen LogP) is 1.69. The lowest BCUT2D eigenvalue weighted by molar-refractivity contribution is -0.384. The van der Waals surface area contributed by atoms with Crippen molar-refractivity contribution in [2.45, 2.75) is 19.4 Å². The summed E-state index contributed by atoms with van der Waals surface area (Å²) in [5.41, 5.74) is 1.34. The molecular formula is C11H14N2O3. The third-order valence-electron chi connectivity index (χ3n) is 2.87. The zero-order chi connectivity index (χ0) is 11.5. The van der Waals surface area contributed by atoms with Gasteiger partial charge in [-0.25, -0.2) is 0 Å². The van der Waals surface area contributed by atoms with E-state index in [1.165, 1.54) is 6.07 Å². The fourth-order valence-electron chi connectivity index (χ4n) is 2.04. The zero-order valence-corrected chi connectivity index (χ0v) is 8.93. The molecule has 1 heterocycles. The van der Waals surface area contributed by atoms with Crippen LogP contribution in [0.25, 0.3) is 0 Å². The number of nitro groups is 1. The lowest BCUT2D eigenvalue weighted by Gasteiger charge is -2.17. The van der Waals surface area contributed by atoms with E-state index in [1.54, 1.807) is 12.1 Å². The monoisotopic (exact) mass is 222 g/mol. The van der Waals surface area contributed by atoms with Gasteiger partial charge in [0.15, 0.2) is 0 Å². The van der Waals surface area contributed by atoms with E-state index in [1.807, 2.05) is 4.90 Å². The largest absolute Gasteiger partial charge is 0.392 e. The molecule has 1 saturated heterocycles. The first-order valence-electron chi connectivity index (χ1n) is 5.35. The second-order valence-electron chi connectivity index (χ2n) is 3.93. The Morgan fingerprint density at radius 1 is 1.38 bits per heavy atom. The number of rotatable bonds is 3. The predicted molar refractivity (Wildman–Crippen MR) is 60.5 cm³/mol. The van der Waals surface area contributed by atoms with Crippen LogP contribution in [0.5, 0.6) is 0 Å². The van der Waals surface area contributed by atoms with E-state index < -0.39 is 0 Å². The molecule has 0 aliphatic carbocycles. The van der Waals surface area contributed by atoms with Crippen molar-refractivity contribution in [1.82, 2.24) is 0 Å². The molecule has 0 aromatic heterocycles. The summed E-state index contributed by atoms with van der Waals surface area (Å²) in [6, 6.07) is 4.92. The Kier molecular flexibility index (Phi) is 3.05. The number of nitrogens with zero attached hydrogens (tertiary/aromatic N) is 2. The van der Waals surface area contributed by atoms with Crippen LogP contribution in [0.4, 0.5) is 11.4 Å². The van der Waals surface area contributed by atoms with Gasteiger partial charge in [-0.2, -0.15) is 0 Å². The Bertz CT molecular complexity index is 400. The smallest absolute Gasteiger partial charge is 0.292 e. The zero-order valence-electron chi connectivity index (χ0n) is 8.93. The molecule has 0 radical (unpaired) electrons. The number of benzene rings is 1. The molecule has 1 aliphatic heterocycles. The minimum absolute atomic E-state index is 0.0912.